The molecule has 4 heterocycles. The number of hydrogen-bond acceptors (Lipinski definition) is 19. The van der Waals surface area contributed by atoms with Gasteiger partial charge < -0.3 is 94.8 Å². The lowest BCUT2D eigenvalue weighted by molar-refractivity contribution is -0.369. The first-order chi connectivity index (χ1) is 25.1. The lowest BCUT2D eigenvalue weighted by Crippen LogP contribution is -2.64. The van der Waals surface area contributed by atoms with Crippen molar-refractivity contribution in [3.8, 4) is 40.1 Å². The molecule has 2 aromatic carbocycles. The van der Waals surface area contributed by atoms with Crippen molar-refractivity contribution < 1.29 is 99.2 Å². The van der Waals surface area contributed by atoms with Crippen LogP contribution in [0.25, 0.3) is 22.3 Å². The molecule has 15 atom stereocenters. The van der Waals surface area contributed by atoms with Gasteiger partial charge in [0.1, 0.15) is 84.0 Å². The van der Waals surface area contributed by atoms with E-state index in [0.717, 1.165) is 18.2 Å². The third kappa shape index (κ3) is 7.65. The first-order valence-electron chi connectivity index (χ1n) is 16.4. The Balaban J connectivity index is 1.24. The second-order valence-corrected chi connectivity index (χ2v) is 13.0. The third-order valence-electron chi connectivity index (χ3n) is 9.31. The van der Waals surface area contributed by atoms with Gasteiger partial charge in [-0.1, -0.05) is 0 Å². The number of rotatable bonds is 9. The van der Waals surface area contributed by atoms with Gasteiger partial charge in [0.15, 0.2) is 24.1 Å². The summed E-state index contributed by atoms with van der Waals surface area (Å²) in [6.45, 7) is -0.0523. The summed E-state index contributed by atoms with van der Waals surface area (Å²) in [6, 6.07) is 7.04. The van der Waals surface area contributed by atoms with E-state index in [2.05, 4.69) is 0 Å². The second-order valence-electron chi connectivity index (χ2n) is 13.0. The average molecular weight is 758 g/mol. The molecular formula is C33H41O20+. The summed E-state index contributed by atoms with van der Waals surface area (Å²) < 4.78 is 40.1. The first kappa shape index (κ1) is 39.0. The van der Waals surface area contributed by atoms with Crippen LogP contribution in [0, 0.1) is 0 Å². The molecule has 0 bridgehead atoms. The van der Waals surface area contributed by atoms with Crippen LogP contribution in [0.5, 0.6) is 28.7 Å². The average Bonchev–Trinajstić information content (AvgIpc) is 3.12. The minimum absolute atomic E-state index is 0.0186. The molecule has 3 aliphatic rings. The number of aromatic hydroxyl groups is 4. The van der Waals surface area contributed by atoms with E-state index in [0.29, 0.717) is 0 Å². The number of hydrogen-bond donors (Lipinski definition) is 13. The number of ether oxygens (including phenoxy) is 6. The highest BCUT2D eigenvalue weighted by Gasteiger charge is 2.51. The zero-order valence-corrected chi connectivity index (χ0v) is 27.7. The van der Waals surface area contributed by atoms with Crippen LogP contribution in [-0.4, -0.2) is 172 Å². The molecule has 3 aromatic rings. The quantitative estimate of drug-likeness (QED) is 0.0767. The van der Waals surface area contributed by atoms with Crippen LogP contribution in [0.15, 0.2) is 40.8 Å². The molecule has 0 saturated carbocycles. The third-order valence-corrected chi connectivity index (χ3v) is 9.31. The Morgan fingerprint density at radius 2 is 1.30 bits per heavy atom. The molecule has 3 saturated heterocycles. The van der Waals surface area contributed by atoms with E-state index in [4.69, 9.17) is 32.8 Å². The molecular weight excluding hydrogens is 716 g/mol. The smallest absolute Gasteiger partial charge is 0.402 e. The molecule has 53 heavy (non-hydrogen) atoms. The maximum Gasteiger partial charge on any atom is 0.402 e. The van der Waals surface area contributed by atoms with Crippen LogP contribution >= 0.6 is 0 Å². The Hall–Kier alpha value is -3.71. The maximum absolute atomic E-state index is 10.9. The van der Waals surface area contributed by atoms with E-state index in [-0.39, 0.29) is 33.8 Å². The van der Waals surface area contributed by atoms with E-state index in [1.165, 1.54) is 25.1 Å². The molecule has 13 N–H and O–H groups in total. The monoisotopic (exact) mass is 757 g/mol. The van der Waals surface area contributed by atoms with Crippen molar-refractivity contribution in [3.05, 3.63) is 36.4 Å². The van der Waals surface area contributed by atoms with Gasteiger partial charge in [0.25, 0.3) is 0 Å². The number of aliphatic hydroxyl groups is 9. The second kappa shape index (κ2) is 15.6. The zero-order chi connectivity index (χ0) is 38.5. The maximum atomic E-state index is 10.9. The van der Waals surface area contributed by atoms with Gasteiger partial charge in [-0.15, -0.1) is 0 Å². The molecule has 20 heteroatoms. The van der Waals surface area contributed by atoms with E-state index in [1.54, 1.807) is 0 Å². The van der Waals surface area contributed by atoms with E-state index >= 15 is 0 Å². The molecule has 3 fully saturated rings. The summed E-state index contributed by atoms with van der Waals surface area (Å²) in [5, 5.41) is 135. The molecule has 0 amide bonds. The Bertz CT molecular complexity index is 1740. The predicted molar refractivity (Wildman–Crippen MR) is 171 cm³/mol. The molecule has 0 spiro atoms. The molecule has 0 unspecified atom stereocenters. The van der Waals surface area contributed by atoms with E-state index in [1.807, 2.05) is 0 Å². The fraction of sp³-hybridized carbons (Fsp3) is 0.545. The fourth-order valence-corrected chi connectivity index (χ4v) is 6.22. The van der Waals surface area contributed by atoms with Crippen LogP contribution in [0.4, 0.5) is 0 Å². The Kier molecular flexibility index (Phi) is 11.5. The Morgan fingerprint density at radius 3 is 1.98 bits per heavy atom. The summed E-state index contributed by atoms with van der Waals surface area (Å²) in [5.74, 6) is -2.19. The van der Waals surface area contributed by atoms with Crippen molar-refractivity contribution in [2.45, 2.75) is 99.0 Å². The van der Waals surface area contributed by atoms with Crippen LogP contribution in [0.1, 0.15) is 6.92 Å². The highest BCUT2D eigenvalue weighted by molar-refractivity contribution is 5.88. The summed E-state index contributed by atoms with van der Waals surface area (Å²) >= 11 is 0. The van der Waals surface area contributed by atoms with Crippen LogP contribution in [-0.2, 0) is 23.7 Å². The van der Waals surface area contributed by atoms with Crippen molar-refractivity contribution in [3.63, 3.8) is 0 Å². The Morgan fingerprint density at radius 1 is 0.642 bits per heavy atom. The number of aliphatic hydroxyl groups excluding tert-OH is 9. The molecule has 6 rings (SSSR count). The predicted octanol–water partition coefficient (Wildman–Crippen LogP) is -2.94. The van der Waals surface area contributed by atoms with Gasteiger partial charge in [0.05, 0.1) is 30.9 Å². The topological polar surface area (TPSA) is 330 Å². The highest BCUT2D eigenvalue weighted by Crippen LogP contribution is 2.42. The number of phenolic OH excluding ortho intramolecular Hbond substituents is 4. The summed E-state index contributed by atoms with van der Waals surface area (Å²) in [7, 11) is 0. The molecule has 0 radical (unpaired) electrons. The standard InChI is InChI=1S/C33H40O20/c1-10-21(39)26(44)30(53-32-28(46)24(42)22(40)19(8-34)51-32)33(48-10)47-9-20-23(41)25(43)27(45)31(52-20)50-18-7-13-15(37)5-12(35)6-17(13)49-29(18)11-2-3-14(36)16(38)4-11/h2-7,10,19-28,30-34,39-46H,8-9H2,1H3,(H3-,35,36,37,38)/p+1/t10-,19+,20+,21-,22+,23+,24-,25-,26+,27+,28+,30+,31+,32-,33+/m0/s1. The minimum Gasteiger partial charge on any atom is -0.507 e. The van der Waals surface area contributed by atoms with Gasteiger partial charge in [-0.2, -0.15) is 0 Å². The van der Waals surface area contributed by atoms with Crippen molar-refractivity contribution in [2.24, 2.45) is 0 Å². The number of fused-ring (bicyclic) bond motifs is 1. The SMILES string of the molecule is C[C@@H]1O[C@@H](OC[C@H]2O[C@@H](Oc3cc4c(O)cc(O)cc4[o+]c3-c3ccc(O)c(O)c3)[C@H](O)[C@@H](O)[C@@H]2O)[C@H](O[C@@H]2O[C@H](CO)[C@@H](O)[C@H](O)[C@H]2O)[C@H](O)[C@H]1O. The van der Waals surface area contributed by atoms with Gasteiger partial charge in [0.2, 0.25) is 12.0 Å². The number of phenols is 4. The van der Waals surface area contributed by atoms with Crippen molar-refractivity contribution in [2.75, 3.05) is 13.2 Å². The van der Waals surface area contributed by atoms with Gasteiger partial charge >= 0.3 is 11.3 Å². The largest absolute Gasteiger partial charge is 0.507 e. The van der Waals surface area contributed by atoms with E-state index in [9.17, 15) is 66.4 Å². The van der Waals surface area contributed by atoms with Crippen molar-refractivity contribution in [1.29, 1.82) is 0 Å². The van der Waals surface area contributed by atoms with Crippen LogP contribution in [0.2, 0.25) is 0 Å². The van der Waals surface area contributed by atoms with Crippen LogP contribution in [0.3, 0.4) is 0 Å². The molecule has 292 valence electrons. The van der Waals surface area contributed by atoms with E-state index < -0.39 is 123 Å². The molecule has 3 aliphatic heterocycles. The minimum atomic E-state index is -1.92. The highest BCUT2D eigenvalue weighted by atomic mass is 16.8. The van der Waals surface area contributed by atoms with Gasteiger partial charge in [-0.25, -0.2) is 4.42 Å². The van der Waals surface area contributed by atoms with Crippen LogP contribution < -0.4 is 4.74 Å². The Labute approximate surface area is 299 Å². The van der Waals surface area contributed by atoms with Gasteiger partial charge in [-0.3, -0.25) is 0 Å². The molecule has 1 aromatic heterocycles. The van der Waals surface area contributed by atoms with Crippen molar-refractivity contribution in [1.82, 2.24) is 0 Å². The first-order valence-corrected chi connectivity index (χ1v) is 16.4. The summed E-state index contributed by atoms with van der Waals surface area (Å²) in [6.07, 6.45) is -25.2. The summed E-state index contributed by atoms with van der Waals surface area (Å²) in [5.41, 5.74) is 0.0688. The van der Waals surface area contributed by atoms with Crippen molar-refractivity contribution >= 4 is 11.0 Å². The zero-order valence-electron chi connectivity index (χ0n) is 27.7. The normalized spacial score (nSPS) is 37.8. The van der Waals surface area contributed by atoms with Gasteiger partial charge in [-0.05, 0) is 19.1 Å². The molecule has 0 aliphatic carbocycles. The number of benzene rings is 2. The lowest BCUT2D eigenvalue weighted by atomic mass is 9.97. The lowest BCUT2D eigenvalue weighted by Gasteiger charge is -2.46. The molecule has 20 nitrogen and oxygen atoms in total. The van der Waals surface area contributed by atoms with Gasteiger partial charge in [0, 0.05) is 18.2 Å². The summed E-state index contributed by atoms with van der Waals surface area (Å²) in [4.78, 5) is 0. The fourth-order valence-electron chi connectivity index (χ4n) is 6.22.